The predicted octanol–water partition coefficient (Wildman–Crippen LogP) is 0.811. The Labute approximate surface area is 132 Å². The Morgan fingerprint density at radius 3 is 1.55 bits per heavy atom. The highest BCUT2D eigenvalue weighted by molar-refractivity contribution is 8.15. The first-order valence-corrected chi connectivity index (χ1v) is 11.6. The van der Waals surface area contributed by atoms with Crippen LogP contribution in [0.4, 0.5) is 0 Å². The summed E-state index contributed by atoms with van der Waals surface area (Å²) in [5.74, 6) is 0. The normalized spacial score (nSPS) is 23.6. The van der Waals surface area contributed by atoms with Crippen LogP contribution in [0.5, 0.6) is 0 Å². The summed E-state index contributed by atoms with van der Waals surface area (Å²) < 4.78 is 72.9. The van der Waals surface area contributed by atoms with Crippen molar-refractivity contribution in [1.82, 2.24) is 8.61 Å². The van der Waals surface area contributed by atoms with Crippen molar-refractivity contribution in [2.45, 2.75) is 32.0 Å². The van der Waals surface area contributed by atoms with Gasteiger partial charge in [0.1, 0.15) is 0 Å². The van der Waals surface area contributed by atoms with Gasteiger partial charge in [-0.15, -0.1) is 0 Å². The van der Waals surface area contributed by atoms with Crippen LogP contribution >= 0.6 is 7.60 Å². The van der Waals surface area contributed by atoms with E-state index < -0.39 is 32.0 Å². The van der Waals surface area contributed by atoms with E-state index in [1.54, 1.807) is 13.8 Å². The summed E-state index contributed by atoms with van der Waals surface area (Å²) in [6.07, 6.45) is 0. The van der Waals surface area contributed by atoms with Crippen LogP contribution in [0, 0.1) is 0 Å². The Morgan fingerprint density at radius 1 is 0.909 bits per heavy atom. The zero-order valence-corrected chi connectivity index (χ0v) is 15.7. The third-order valence-corrected chi connectivity index (χ3v) is 12.7. The molecule has 22 heavy (non-hydrogen) atoms. The fourth-order valence-electron chi connectivity index (χ4n) is 2.15. The zero-order chi connectivity index (χ0) is 17.2. The van der Waals surface area contributed by atoms with E-state index in [0.717, 1.165) is 8.61 Å². The summed E-state index contributed by atoms with van der Waals surface area (Å²) in [4.78, 5) is 0. The van der Waals surface area contributed by atoms with Gasteiger partial charge in [-0.25, -0.2) is 16.8 Å². The molecule has 9 nitrogen and oxygen atoms in total. The van der Waals surface area contributed by atoms with Crippen molar-refractivity contribution in [3.8, 4) is 0 Å². The molecular weight excluding hydrogens is 355 g/mol. The lowest BCUT2D eigenvalue weighted by molar-refractivity contribution is 0.217. The van der Waals surface area contributed by atoms with Gasteiger partial charge >= 0.3 is 7.60 Å². The van der Waals surface area contributed by atoms with E-state index in [1.807, 2.05) is 0 Å². The lowest BCUT2D eigenvalue weighted by Crippen LogP contribution is -2.58. The monoisotopic (exact) mass is 378 g/mol. The van der Waals surface area contributed by atoms with Gasteiger partial charge in [0, 0.05) is 13.1 Å². The molecule has 1 aliphatic rings. The number of hydrogen-bond acceptors (Lipinski definition) is 7. The van der Waals surface area contributed by atoms with E-state index in [9.17, 15) is 21.4 Å². The summed E-state index contributed by atoms with van der Waals surface area (Å²) >= 11 is 0. The summed E-state index contributed by atoms with van der Waals surface area (Å²) in [7, 11) is -13.2. The molecule has 0 aliphatic carbocycles. The number of rotatable bonds is 7. The van der Waals surface area contributed by atoms with Gasteiger partial charge in [-0.2, -0.15) is 8.61 Å². The van der Waals surface area contributed by atoms with Crippen LogP contribution in [-0.2, 0) is 33.7 Å². The van der Waals surface area contributed by atoms with Crippen molar-refractivity contribution in [2.24, 2.45) is 0 Å². The number of sulfonamides is 2. The first-order valence-electron chi connectivity index (χ1n) is 6.98. The second kappa shape index (κ2) is 7.25. The van der Waals surface area contributed by atoms with Crippen LogP contribution < -0.4 is 0 Å². The minimum Gasteiger partial charge on any atom is -0.307 e. The van der Waals surface area contributed by atoms with Crippen LogP contribution in [0.15, 0.2) is 0 Å². The Hall–Kier alpha value is -0.0300. The topological polar surface area (TPSA) is 110 Å². The molecule has 0 saturated carbocycles. The molecule has 0 N–H and O–H groups in total. The number of hydrogen-bond donors (Lipinski definition) is 0. The molecule has 0 radical (unpaired) electrons. The fraction of sp³-hybridized carbons (Fsp3) is 1.00. The molecule has 0 bridgehead atoms. The van der Waals surface area contributed by atoms with E-state index in [4.69, 9.17) is 9.05 Å². The number of nitrogens with zero attached hydrogens (tertiary/aromatic N) is 2. The zero-order valence-electron chi connectivity index (χ0n) is 13.1. The van der Waals surface area contributed by atoms with Crippen molar-refractivity contribution in [2.75, 3.05) is 33.0 Å². The van der Waals surface area contributed by atoms with Gasteiger partial charge in [0.2, 0.25) is 20.0 Å². The Morgan fingerprint density at radius 2 is 1.27 bits per heavy atom. The minimum absolute atomic E-state index is 0.0586. The van der Waals surface area contributed by atoms with Crippen molar-refractivity contribution in [1.29, 1.82) is 0 Å². The SMILES string of the molecule is CCOP(=O)(OCC)C1S(=O)(=O)N(CC)CN(CC)S1(=O)=O. The molecule has 0 atom stereocenters. The highest BCUT2D eigenvalue weighted by Gasteiger charge is 2.60. The molecule has 132 valence electrons. The third kappa shape index (κ3) is 3.40. The van der Waals surface area contributed by atoms with Gasteiger partial charge < -0.3 is 9.05 Å². The van der Waals surface area contributed by atoms with Crippen molar-refractivity contribution >= 4 is 27.6 Å². The lowest BCUT2D eigenvalue weighted by Gasteiger charge is -2.39. The highest BCUT2D eigenvalue weighted by Crippen LogP contribution is 2.59. The van der Waals surface area contributed by atoms with Gasteiger partial charge in [0.15, 0.2) is 0 Å². The average Bonchev–Trinajstić information content (AvgIpc) is 2.37. The molecule has 1 aliphatic heterocycles. The van der Waals surface area contributed by atoms with Gasteiger partial charge in [-0.1, -0.05) is 13.8 Å². The standard InChI is InChI=1S/C10H23N2O7PS2/c1-5-11-9-12(6-2)22(16,17)10(21(11,14)15)20(13,18-7-3)19-8-4/h10H,5-9H2,1-4H3. The summed E-state index contributed by atoms with van der Waals surface area (Å²) in [5, 5.41) is 0. The molecule has 0 spiro atoms. The van der Waals surface area contributed by atoms with Gasteiger partial charge in [-0.3, -0.25) is 4.57 Å². The van der Waals surface area contributed by atoms with Crippen molar-refractivity contribution in [3.05, 3.63) is 0 Å². The van der Waals surface area contributed by atoms with Crippen LogP contribution in [0.1, 0.15) is 27.7 Å². The molecule has 0 aromatic carbocycles. The Kier molecular flexibility index (Phi) is 6.59. The minimum atomic E-state index is -4.40. The van der Waals surface area contributed by atoms with Crippen LogP contribution in [0.25, 0.3) is 0 Å². The van der Waals surface area contributed by atoms with Crippen molar-refractivity contribution < 1.29 is 30.4 Å². The Balaban J connectivity index is 3.57. The Bertz CT molecular complexity index is 584. The molecule has 0 aromatic rings. The van der Waals surface area contributed by atoms with E-state index >= 15 is 0 Å². The van der Waals surface area contributed by atoms with Crippen LogP contribution in [-0.4, -0.2) is 62.7 Å². The molecule has 0 unspecified atom stereocenters. The predicted molar refractivity (Wildman–Crippen MR) is 82.1 cm³/mol. The van der Waals surface area contributed by atoms with Crippen molar-refractivity contribution in [3.63, 3.8) is 0 Å². The maximum atomic E-state index is 12.9. The molecule has 0 amide bonds. The van der Waals surface area contributed by atoms with Gasteiger partial charge in [0.05, 0.1) is 19.9 Å². The molecular formula is C10H23N2O7PS2. The summed E-state index contributed by atoms with van der Waals surface area (Å²) in [5.41, 5.74) is 0. The lowest BCUT2D eigenvalue weighted by atomic mass is 10.7. The van der Waals surface area contributed by atoms with E-state index in [-0.39, 0.29) is 33.0 Å². The first kappa shape index (κ1) is 20.0. The first-order chi connectivity index (χ1) is 10.1. The fourth-order valence-corrected chi connectivity index (χ4v) is 11.2. The molecule has 1 saturated heterocycles. The second-order valence-electron chi connectivity index (χ2n) is 4.45. The van der Waals surface area contributed by atoms with E-state index in [1.165, 1.54) is 13.8 Å². The third-order valence-electron chi connectivity index (χ3n) is 3.13. The van der Waals surface area contributed by atoms with Crippen LogP contribution in [0.3, 0.4) is 0 Å². The molecule has 1 heterocycles. The van der Waals surface area contributed by atoms with Crippen LogP contribution in [0.2, 0.25) is 0 Å². The van der Waals surface area contributed by atoms with E-state index in [0.29, 0.717) is 0 Å². The molecule has 1 rings (SSSR count). The smallest absolute Gasteiger partial charge is 0.307 e. The maximum absolute atomic E-state index is 12.9. The van der Waals surface area contributed by atoms with Gasteiger partial charge in [0.25, 0.3) is 4.32 Å². The maximum Gasteiger partial charge on any atom is 0.367 e. The van der Waals surface area contributed by atoms with Gasteiger partial charge in [-0.05, 0) is 13.8 Å². The highest BCUT2D eigenvalue weighted by atomic mass is 32.3. The molecule has 0 aromatic heterocycles. The van der Waals surface area contributed by atoms with E-state index in [2.05, 4.69) is 0 Å². The average molecular weight is 378 g/mol. The quantitative estimate of drug-likeness (QED) is 0.603. The summed E-state index contributed by atoms with van der Waals surface area (Å²) in [6, 6.07) is 0. The molecule has 12 heteroatoms. The molecule has 1 fully saturated rings. The summed E-state index contributed by atoms with van der Waals surface area (Å²) in [6.45, 7) is 5.69. The largest absolute Gasteiger partial charge is 0.367 e. The second-order valence-corrected chi connectivity index (χ2v) is 11.6.